The molecular formula is C23H26N4O4S. The second kappa shape index (κ2) is 10.1. The highest BCUT2D eigenvalue weighted by molar-refractivity contribution is 7.13. The third-order valence-corrected chi connectivity index (χ3v) is 6.39. The molecule has 0 saturated carbocycles. The third-order valence-electron chi connectivity index (χ3n) is 5.53. The van der Waals surface area contributed by atoms with Crippen molar-refractivity contribution in [2.24, 2.45) is 5.92 Å². The predicted molar refractivity (Wildman–Crippen MR) is 121 cm³/mol. The molecule has 2 amide bonds. The van der Waals surface area contributed by atoms with Crippen molar-refractivity contribution in [1.82, 2.24) is 15.1 Å². The van der Waals surface area contributed by atoms with E-state index in [4.69, 9.17) is 9.15 Å². The van der Waals surface area contributed by atoms with E-state index in [0.29, 0.717) is 31.5 Å². The van der Waals surface area contributed by atoms with E-state index >= 15 is 0 Å². The van der Waals surface area contributed by atoms with Crippen LogP contribution < -0.4 is 4.90 Å². The van der Waals surface area contributed by atoms with Crippen LogP contribution in [0.25, 0.3) is 10.8 Å². The molecule has 0 spiro atoms. The number of aryl methyl sites for hydroxylation is 1. The molecule has 8 nitrogen and oxygen atoms in total. The highest BCUT2D eigenvalue weighted by atomic mass is 32.1. The van der Waals surface area contributed by atoms with E-state index in [0.717, 1.165) is 17.0 Å². The maximum Gasteiger partial charge on any atom is 0.257 e. The molecule has 4 rings (SSSR count). The number of anilines is 1. The lowest BCUT2D eigenvalue weighted by Crippen LogP contribution is -2.39. The van der Waals surface area contributed by atoms with E-state index in [1.165, 1.54) is 16.9 Å². The molecule has 32 heavy (non-hydrogen) atoms. The Labute approximate surface area is 190 Å². The van der Waals surface area contributed by atoms with Gasteiger partial charge in [-0.3, -0.25) is 9.59 Å². The summed E-state index contributed by atoms with van der Waals surface area (Å²) in [6, 6.07) is 11.7. The van der Waals surface area contributed by atoms with Gasteiger partial charge in [0, 0.05) is 32.3 Å². The van der Waals surface area contributed by atoms with E-state index in [1.807, 2.05) is 41.8 Å². The van der Waals surface area contributed by atoms with E-state index in [9.17, 15) is 9.59 Å². The summed E-state index contributed by atoms with van der Waals surface area (Å²) in [4.78, 5) is 30.2. The summed E-state index contributed by atoms with van der Waals surface area (Å²) >= 11 is 1.51. The van der Waals surface area contributed by atoms with Crippen molar-refractivity contribution in [3.05, 3.63) is 53.2 Å². The molecule has 168 valence electrons. The first-order valence-electron chi connectivity index (χ1n) is 10.6. The number of benzene rings is 1. The maximum absolute atomic E-state index is 13.3. The fourth-order valence-electron chi connectivity index (χ4n) is 3.74. The maximum atomic E-state index is 13.3. The molecule has 3 heterocycles. The topological polar surface area (TPSA) is 88.8 Å². The first-order valence-corrected chi connectivity index (χ1v) is 11.5. The summed E-state index contributed by atoms with van der Waals surface area (Å²) in [6.07, 6.45) is 1.12. The van der Waals surface area contributed by atoms with Crippen LogP contribution in [0.3, 0.4) is 0 Å². The Kier molecular flexibility index (Phi) is 6.96. The highest BCUT2D eigenvalue weighted by Crippen LogP contribution is 2.28. The molecule has 1 fully saturated rings. The van der Waals surface area contributed by atoms with Crippen molar-refractivity contribution in [3.63, 3.8) is 0 Å². The zero-order chi connectivity index (χ0) is 22.5. The molecule has 3 aromatic rings. The molecule has 1 saturated heterocycles. The van der Waals surface area contributed by atoms with Crippen molar-refractivity contribution in [2.45, 2.75) is 26.3 Å². The zero-order valence-electron chi connectivity index (χ0n) is 18.2. The average Bonchev–Trinajstić information content (AvgIpc) is 3.57. The number of nitrogens with zero attached hydrogens (tertiary/aromatic N) is 4. The van der Waals surface area contributed by atoms with Crippen LogP contribution in [0.15, 0.2) is 46.2 Å². The summed E-state index contributed by atoms with van der Waals surface area (Å²) in [5, 5.41) is 10.1. The number of hydrogen-bond acceptors (Lipinski definition) is 7. The van der Waals surface area contributed by atoms with Crippen molar-refractivity contribution >= 4 is 28.8 Å². The highest BCUT2D eigenvalue weighted by Gasteiger charge is 2.37. The summed E-state index contributed by atoms with van der Waals surface area (Å²) in [7, 11) is 1.59. The first kappa shape index (κ1) is 22.2. The Morgan fingerprint density at radius 3 is 2.78 bits per heavy atom. The van der Waals surface area contributed by atoms with Crippen LogP contribution in [0.5, 0.6) is 0 Å². The van der Waals surface area contributed by atoms with Gasteiger partial charge in [0.05, 0.1) is 23.9 Å². The van der Waals surface area contributed by atoms with Crippen molar-refractivity contribution < 1.29 is 18.7 Å². The van der Waals surface area contributed by atoms with Gasteiger partial charge >= 0.3 is 0 Å². The standard InChI is InChI=1S/C23H26N4O4S/c1-3-16-6-8-18(9-7-16)27-14-17(13-21(27)28)23(29)26(10-11-30-2)15-20-24-25-22(31-20)19-5-4-12-32-19/h4-9,12,17H,3,10-11,13-15H2,1-2H3/t17-/m1/s1. The molecule has 2 aromatic heterocycles. The number of methoxy groups -OCH3 is 1. The van der Waals surface area contributed by atoms with Crippen LogP contribution in [0, 0.1) is 5.92 Å². The number of carbonyl (C=O) groups excluding carboxylic acids is 2. The molecule has 0 radical (unpaired) electrons. The van der Waals surface area contributed by atoms with Crippen LogP contribution in [0.2, 0.25) is 0 Å². The van der Waals surface area contributed by atoms with E-state index in [1.54, 1.807) is 16.9 Å². The van der Waals surface area contributed by atoms with E-state index in [2.05, 4.69) is 17.1 Å². The fraction of sp³-hybridized carbons (Fsp3) is 0.391. The van der Waals surface area contributed by atoms with Gasteiger partial charge < -0.3 is 19.0 Å². The molecule has 0 aliphatic carbocycles. The summed E-state index contributed by atoms with van der Waals surface area (Å²) in [5.74, 6) is 0.210. The fourth-order valence-corrected chi connectivity index (χ4v) is 4.39. The van der Waals surface area contributed by atoms with Gasteiger partial charge in [-0.15, -0.1) is 21.5 Å². The van der Waals surface area contributed by atoms with Gasteiger partial charge in [-0.1, -0.05) is 25.1 Å². The molecule has 9 heteroatoms. The molecule has 0 N–H and O–H groups in total. The van der Waals surface area contributed by atoms with Gasteiger partial charge in [0.25, 0.3) is 5.89 Å². The second-order valence-electron chi connectivity index (χ2n) is 7.66. The van der Waals surface area contributed by atoms with Crippen LogP contribution in [0.1, 0.15) is 24.8 Å². The Balaban J connectivity index is 1.46. The number of hydrogen-bond donors (Lipinski definition) is 0. The minimum atomic E-state index is -0.426. The predicted octanol–water partition coefficient (Wildman–Crippen LogP) is 3.39. The van der Waals surface area contributed by atoms with Crippen molar-refractivity contribution in [2.75, 3.05) is 31.7 Å². The van der Waals surface area contributed by atoms with Gasteiger partial charge in [0.2, 0.25) is 17.7 Å². The molecule has 0 bridgehead atoms. The Morgan fingerprint density at radius 1 is 1.28 bits per heavy atom. The first-order chi connectivity index (χ1) is 15.6. The molecule has 1 atom stereocenters. The molecule has 0 unspecified atom stereocenters. The summed E-state index contributed by atoms with van der Waals surface area (Å²) in [5.41, 5.74) is 2.03. The molecule has 1 aliphatic heterocycles. The normalized spacial score (nSPS) is 16.0. The SMILES string of the molecule is CCc1ccc(N2C[C@H](C(=O)N(CCOC)Cc3nnc(-c4cccs4)o3)CC2=O)cc1. The number of ether oxygens (including phenoxy) is 1. The van der Waals surface area contributed by atoms with Crippen LogP contribution in [-0.4, -0.2) is 53.7 Å². The lowest BCUT2D eigenvalue weighted by atomic mass is 10.1. The smallest absolute Gasteiger partial charge is 0.257 e. The average molecular weight is 455 g/mol. The van der Waals surface area contributed by atoms with Crippen LogP contribution in [-0.2, 0) is 27.3 Å². The van der Waals surface area contributed by atoms with Gasteiger partial charge in [0.1, 0.15) is 0 Å². The summed E-state index contributed by atoms with van der Waals surface area (Å²) < 4.78 is 10.9. The summed E-state index contributed by atoms with van der Waals surface area (Å²) in [6.45, 7) is 3.38. The van der Waals surface area contributed by atoms with Gasteiger partial charge in [-0.2, -0.15) is 0 Å². The quantitative estimate of drug-likeness (QED) is 0.492. The van der Waals surface area contributed by atoms with Crippen molar-refractivity contribution in [1.29, 1.82) is 0 Å². The Morgan fingerprint density at radius 2 is 2.09 bits per heavy atom. The van der Waals surface area contributed by atoms with Crippen LogP contribution in [0.4, 0.5) is 5.69 Å². The molecule has 1 aromatic carbocycles. The van der Waals surface area contributed by atoms with Gasteiger partial charge in [0.15, 0.2) is 0 Å². The monoisotopic (exact) mass is 454 g/mol. The number of aromatic nitrogens is 2. The van der Waals surface area contributed by atoms with E-state index in [-0.39, 0.29) is 24.8 Å². The lowest BCUT2D eigenvalue weighted by molar-refractivity contribution is -0.137. The lowest BCUT2D eigenvalue weighted by Gasteiger charge is -2.24. The molecular weight excluding hydrogens is 428 g/mol. The van der Waals surface area contributed by atoms with Crippen molar-refractivity contribution in [3.8, 4) is 10.8 Å². The molecule has 1 aliphatic rings. The zero-order valence-corrected chi connectivity index (χ0v) is 19.0. The largest absolute Gasteiger partial charge is 0.418 e. The number of carbonyl (C=O) groups is 2. The minimum absolute atomic E-state index is 0.0444. The number of thiophene rings is 1. The second-order valence-corrected chi connectivity index (χ2v) is 8.60. The van der Waals surface area contributed by atoms with Gasteiger partial charge in [-0.25, -0.2) is 0 Å². The minimum Gasteiger partial charge on any atom is -0.418 e. The third kappa shape index (κ3) is 4.89. The Bertz CT molecular complexity index is 1050. The number of rotatable bonds is 9. The Hall–Kier alpha value is -3.04. The van der Waals surface area contributed by atoms with Gasteiger partial charge in [-0.05, 0) is 35.6 Å². The van der Waals surface area contributed by atoms with E-state index < -0.39 is 5.92 Å². The number of amides is 2. The van der Waals surface area contributed by atoms with Crippen LogP contribution >= 0.6 is 11.3 Å².